The molecule has 0 unspecified atom stereocenters. The molecule has 0 fully saturated rings. The highest BCUT2D eigenvalue weighted by Gasteiger charge is 2.21. The van der Waals surface area contributed by atoms with E-state index in [2.05, 4.69) is 5.32 Å². The zero-order valence-electron chi connectivity index (χ0n) is 13.8. The maximum absolute atomic E-state index is 12.4. The van der Waals surface area contributed by atoms with Crippen molar-refractivity contribution in [3.05, 3.63) is 59.7 Å². The molecule has 2 aromatic rings. The highest BCUT2D eigenvalue weighted by molar-refractivity contribution is 7.91. The summed E-state index contributed by atoms with van der Waals surface area (Å²) in [6.07, 6.45) is 0.504. The minimum absolute atomic E-state index is 0.0236. The van der Waals surface area contributed by atoms with Gasteiger partial charge in [-0.15, -0.1) is 0 Å². The van der Waals surface area contributed by atoms with E-state index in [1.165, 1.54) is 12.1 Å². The van der Waals surface area contributed by atoms with E-state index in [1.807, 2.05) is 12.1 Å². The van der Waals surface area contributed by atoms with Gasteiger partial charge in [0.2, 0.25) is 0 Å². The van der Waals surface area contributed by atoms with Gasteiger partial charge >= 0.3 is 0 Å². The van der Waals surface area contributed by atoms with Crippen LogP contribution in [-0.2, 0) is 16.4 Å². The highest BCUT2D eigenvalue weighted by atomic mass is 32.2. The van der Waals surface area contributed by atoms with Gasteiger partial charge in [0.15, 0.2) is 9.84 Å². The number of hydrogen-bond acceptors (Lipinski definition) is 4. The van der Waals surface area contributed by atoms with Crippen LogP contribution in [-0.4, -0.2) is 27.2 Å². The van der Waals surface area contributed by atoms with E-state index in [4.69, 9.17) is 4.74 Å². The molecule has 0 bridgehead atoms. The minimum atomic E-state index is -3.46. The standard InChI is InChI=1S/C18H21NO4S/c1-3-12-24(21,22)17-7-5-4-6-16(17)18(20)19-13-14-8-10-15(23-2)11-9-14/h4-11H,3,12-13H2,1-2H3,(H,19,20). The Labute approximate surface area is 142 Å². The molecular formula is C18H21NO4S. The molecule has 1 N–H and O–H groups in total. The van der Waals surface area contributed by atoms with Crippen LogP contribution in [0.2, 0.25) is 0 Å². The van der Waals surface area contributed by atoms with E-state index in [9.17, 15) is 13.2 Å². The summed E-state index contributed by atoms with van der Waals surface area (Å²) in [5, 5.41) is 2.76. The third-order valence-electron chi connectivity index (χ3n) is 3.55. The number of nitrogens with one attached hydrogen (secondary N) is 1. The van der Waals surface area contributed by atoms with Crippen molar-refractivity contribution in [1.82, 2.24) is 5.32 Å². The van der Waals surface area contributed by atoms with Gasteiger partial charge in [0, 0.05) is 6.54 Å². The molecular weight excluding hydrogens is 326 g/mol. The van der Waals surface area contributed by atoms with E-state index in [0.29, 0.717) is 13.0 Å². The topological polar surface area (TPSA) is 72.5 Å². The number of sulfone groups is 1. The Morgan fingerprint density at radius 3 is 2.38 bits per heavy atom. The SMILES string of the molecule is CCCS(=O)(=O)c1ccccc1C(=O)NCc1ccc(OC)cc1. The lowest BCUT2D eigenvalue weighted by Gasteiger charge is -2.11. The van der Waals surface area contributed by atoms with Gasteiger partial charge in [-0.1, -0.05) is 31.2 Å². The Morgan fingerprint density at radius 2 is 1.75 bits per heavy atom. The normalized spacial score (nSPS) is 11.1. The van der Waals surface area contributed by atoms with Gasteiger partial charge in [-0.25, -0.2) is 8.42 Å². The van der Waals surface area contributed by atoms with Crippen molar-refractivity contribution in [3.63, 3.8) is 0 Å². The smallest absolute Gasteiger partial charge is 0.252 e. The van der Waals surface area contributed by atoms with Crippen LogP contribution >= 0.6 is 0 Å². The Bertz CT molecular complexity index is 798. The largest absolute Gasteiger partial charge is 0.497 e. The van der Waals surface area contributed by atoms with Gasteiger partial charge in [0.05, 0.1) is 23.3 Å². The monoisotopic (exact) mass is 347 g/mol. The Morgan fingerprint density at radius 1 is 1.08 bits per heavy atom. The molecule has 0 radical (unpaired) electrons. The molecule has 0 saturated carbocycles. The lowest BCUT2D eigenvalue weighted by Crippen LogP contribution is -2.25. The summed E-state index contributed by atoms with van der Waals surface area (Å²) in [4.78, 5) is 12.5. The van der Waals surface area contributed by atoms with Crippen LogP contribution in [0.25, 0.3) is 0 Å². The number of carbonyl (C=O) groups is 1. The van der Waals surface area contributed by atoms with Crippen molar-refractivity contribution in [1.29, 1.82) is 0 Å². The summed E-state index contributed by atoms with van der Waals surface area (Å²) in [6, 6.07) is 13.6. The number of methoxy groups -OCH3 is 1. The molecule has 0 aliphatic rings. The van der Waals surface area contributed by atoms with Crippen LogP contribution in [0.3, 0.4) is 0 Å². The maximum Gasteiger partial charge on any atom is 0.252 e. The summed E-state index contributed by atoms with van der Waals surface area (Å²) in [5.41, 5.74) is 1.08. The second-order valence-electron chi connectivity index (χ2n) is 5.35. The second-order valence-corrected chi connectivity index (χ2v) is 7.42. The van der Waals surface area contributed by atoms with Crippen molar-refractivity contribution in [3.8, 4) is 5.75 Å². The third-order valence-corrected chi connectivity index (χ3v) is 5.52. The Balaban J connectivity index is 2.15. The maximum atomic E-state index is 12.4. The first kappa shape index (κ1) is 18.0. The fourth-order valence-corrected chi connectivity index (χ4v) is 3.86. The van der Waals surface area contributed by atoms with Gasteiger partial charge in [0.25, 0.3) is 5.91 Å². The molecule has 0 spiro atoms. The number of carbonyl (C=O) groups excluding carboxylic acids is 1. The van der Waals surface area contributed by atoms with Crippen molar-refractivity contribution < 1.29 is 17.9 Å². The summed E-state index contributed by atoms with van der Waals surface area (Å²) in [5.74, 6) is 0.359. The zero-order chi connectivity index (χ0) is 17.6. The molecule has 128 valence electrons. The molecule has 5 nitrogen and oxygen atoms in total. The van der Waals surface area contributed by atoms with Gasteiger partial charge in [0.1, 0.15) is 5.75 Å². The summed E-state index contributed by atoms with van der Waals surface area (Å²) >= 11 is 0. The average molecular weight is 347 g/mol. The number of rotatable bonds is 7. The molecule has 0 atom stereocenters. The van der Waals surface area contributed by atoms with Crippen molar-refractivity contribution >= 4 is 15.7 Å². The fourth-order valence-electron chi connectivity index (χ4n) is 2.33. The molecule has 0 aromatic heterocycles. The average Bonchev–Trinajstić information content (AvgIpc) is 2.60. The molecule has 0 saturated heterocycles. The molecule has 2 rings (SSSR count). The summed E-state index contributed by atoms with van der Waals surface area (Å²) < 4.78 is 29.7. The minimum Gasteiger partial charge on any atom is -0.497 e. The first-order valence-electron chi connectivity index (χ1n) is 7.71. The quantitative estimate of drug-likeness (QED) is 0.836. The van der Waals surface area contributed by atoms with E-state index >= 15 is 0 Å². The highest BCUT2D eigenvalue weighted by Crippen LogP contribution is 2.18. The van der Waals surface area contributed by atoms with Crippen molar-refractivity contribution in [2.24, 2.45) is 0 Å². The van der Waals surface area contributed by atoms with E-state index < -0.39 is 15.7 Å². The first-order chi connectivity index (χ1) is 11.5. The summed E-state index contributed by atoms with van der Waals surface area (Å²) in [6.45, 7) is 2.11. The van der Waals surface area contributed by atoms with Gasteiger partial charge in [-0.05, 0) is 36.2 Å². The van der Waals surface area contributed by atoms with E-state index in [1.54, 1.807) is 38.3 Å². The van der Waals surface area contributed by atoms with Crippen molar-refractivity contribution in [2.75, 3.05) is 12.9 Å². The van der Waals surface area contributed by atoms with Crippen LogP contribution in [0.4, 0.5) is 0 Å². The van der Waals surface area contributed by atoms with Gasteiger partial charge < -0.3 is 10.1 Å². The number of amides is 1. The van der Waals surface area contributed by atoms with Crippen LogP contribution < -0.4 is 10.1 Å². The number of benzene rings is 2. The number of ether oxygens (including phenoxy) is 1. The predicted octanol–water partition coefficient (Wildman–Crippen LogP) is 2.81. The first-order valence-corrected chi connectivity index (χ1v) is 9.36. The van der Waals surface area contributed by atoms with Crippen LogP contribution in [0, 0.1) is 0 Å². The van der Waals surface area contributed by atoms with Crippen LogP contribution in [0.1, 0.15) is 29.3 Å². The summed E-state index contributed by atoms with van der Waals surface area (Å²) in [7, 11) is -1.87. The van der Waals surface area contributed by atoms with Crippen LogP contribution in [0.15, 0.2) is 53.4 Å². The van der Waals surface area contributed by atoms with Gasteiger partial charge in [-0.2, -0.15) is 0 Å². The fraction of sp³-hybridized carbons (Fsp3) is 0.278. The Kier molecular flexibility index (Phi) is 5.98. The number of hydrogen-bond donors (Lipinski definition) is 1. The molecule has 2 aromatic carbocycles. The predicted molar refractivity (Wildman–Crippen MR) is 93.0 cm³/mol. The molecule has 24 heavy (non-hydrogen) atoms. The van der Waals surface area contributed by atoms with Crippen molar-refractivity contribution in [2.45, 2.75) is 24.8 Å². The molecule has 0 heterocycles. The van der Waals surface area contributed by atoms with E-state index in [-0.39, 0.29) is 16.2 Å². The third kappa shape index (κ3) is 4.35. The lowest BCUT2D eigenvalue weighted by molar-refractivity contribution is 0.0947. The zero-order valence-corrected chi connectivity index (χ0v) is 14.6. The van der Waals surface area contributed by atoms with Crippen LogP contribution in [0.5, 0.6) is 5.75 Å². The van der Waals surface area contributed by atoms with Gasteiger partial charge in [-0.3, -0.25) is 4.79 Å². The Hall–Kier alpha value is -2.34. The molecule has 1 amide bonds. The second kappa shape index (κ2) is 7.97. The molecule has 0 aliphatic heterocycles. The van der Waals surface area contributed by atoms with E-state index in [0.717, 1.165) is 11.3 Å². The lowest BCUT2D eigenvalue weighted by atomic mass is 10.2. The molecule has 0 aliphatic carbocycles. The molecule has 6 heteroatoms.